The predicted molar refractivity (Wildman–Crippen MR) is 94.1 cm³/mol. The van der Waals surface area contributed by atoms with Gasteiger partial charge in [-0.2, -0.15) is 0 Å². The minimum atomic E-state index is -0.411. The molecule has 1 aliphatic carbocycles. The molecular formula is C19H34N2O3. The van der Waals surface area contributed by atoms with Crippen LogP contribution in [0.15, 0.2) is 0 Å². The van der Waals surface area contributed by atoms with Crippen LogP contribution in [0.25, 0.3) is 0 Å². The normalized spacial score (nSPS) is 32.3. The molecule has 1 amide bonds. The fourth-order valence-corrected chi connectivity index (χ4v) is 4.55. The van der Waals surface area contributed by atoms with Crippen LogP contribution in [0.5, 0.6) is 0 Å². The average molecular weight is 338 g/mol. The smallest absolute Gasteiger partial charge is 0.410 e. The van der Waals surface area contributed by atoms with E-state index in [-0.39, 0.29) is 6.09 Å². The van der Waals surface area contributed by atoms with Gasteiger partial charge < -0.3 is 19.7 Å². The number of fused-ring (bicyclic) bond motifs is 1. The molecule has 0 aromatic heterocycles. The number of rotatable bonds is 2. The minimum absolute atomic E-state index is 0.118. The topological polar surface area (TPSA) is 50.8 Å². The Morgan fingerprint density at radius 2 is 1.83 bits per heavy atom. The van der Waals surface area contributed by atoms with Gasteiger partial charge in [0, 0.05) is 37.9 Å². The highest BCUT2D eigenvalue weighted by Crippen LogP contribution is 2.36. The summed E-state index contributed by atoms with van der Waals surface area (Å²) >= 11 is 0. The maximum absolute atomic E-state index is 12.5. The van der Waals surface area contributed by atoms with E-state index in [9.17, 15) is 4.79 Å². The van der Waals surface area contributed by atoms with Crippen LogP contribution in [0.3, 0.4) is 0 Å². The molecule has 2 saturated heterocycles. The van der Waals surface area contributed by atoms with E-state index in [1.165, 1.54) is 12.8 Å². The summed E-state index contributed by atoms with van der Waals surface area (Å²) in [5.74, 6) is 0.623. The maximum Gasteiger partial charge on any atom is 0.410 e. The number of carbonyl (C=O) groups is 1. The predicted octanol–water partition coefficient (Wildman–Crippen LogP) is 3.32. The first-order valence-corrected chi connectivity index (χ1v) is 9.76. The minimum Gasteiger partial charge on any atom is -0.444 e. The Bertz CT molecular complexity index is 429. The van der Waals surface area contributed by atoms with Crippen molar-refractivity contribution in [3.63, 3.8) is 0 Å². The quantitative estimate of drug-likeness (QED) is 0.839. The van der Waals surface area contributed by atoms with Crippen LogP contribution in [0.2, 0.25) is 0 Å². The van der Waals surface area contributed by atoms with E-state index in [0.717, 1.165) is 51.9 Å². The number of hydrogen-bond donors (Lipinski definition) is 1. The van der Waals surface area contributed by atoms with Gasteiger partial charge >= 0.3 is 6.09 Å². The standard InChI is InChI=1S/C19H34N2O3/c1-19(2,3)24-18(22)21-10-4-5-14-13-16(6-7-17(14)21)20-15-8-11-23-12-9-15/h14-17,20H,4-13H2,1-3H3/t14-,16-,17+/m1/s1. The number of amides is 1. The second-order valence-corrected chi connectivity index (χ2v) is 8.71. The third-order valence-corrected chi connectivity index (χ3v) is 5.64. The molecule has 5 heteroatoms. The Hall–Kier alpha value is -0.810. The molecule has 3 rings (SSSR count). The first-order chi connectivity index (χ1) is 11.4. The molecule has 1 N–H and O–H groups in total. The fraction of sp³-hybridized carbons (Fsp3) is 0.947. The lowest BCUT2D eigenvalue weighted by Gasteiger charge is -2.46. The van der Waals surface area contributed by atoms with Crippen molar-refractivity contribution in [2.75, 3.05) is 19.8 Å². The van der Waals surface area contributed by atoms with E-state index in [1.54, 1.807) is 0 Å². The molecule has 5 nitrogen and oxygen atoms in total. The van der Waals surface area contributed by atoms with Crippen LogP contribution in [-0.4, -0.2) is 54.5 Å². The van der Waals surface area contributed by atoms with Crippen molar-refractivity contribution in [3.8, 4) is 0 Å². The van der Waals surface area contributed by atoms with Gasteiger partial charge in [0.1, 0.15) is 5.60 Å². The lowest BCUT2D eigenvalue weighted by molar-refractivity contribution is -0.0115. The van der Waals surface area contributed by atoms with Gasteiger partial charge in [-0.25, -0.2) is 4.79 Å². The Labute approximate surface area is 146 Å². The van der Waals surface area contributed by atoms with Gasteiger partial charge in [-0.1, -0.05) is 0 Å². The maximum atomic E-state index is 12.5. The number of ether oxygens (including phenoxy) is 2. The summed E-state index contributed by atoms with van der Waals surface area (Å²) < 4.78 is 11.1. The zero-order valence-corrected chi connectivity index (χ0v) is 15.6. The molecule has 2 heterocycles. The molecule has 0 bridgehead atoms. The summed E-state index contributed by atoms with van der Waals surface area (Å²) in [7, 11) is 0. The van der Waals surface area contributed by atoms with Crippen LogP contribution in [0.4, 0.5) is 4.79 Å². The highest BCUT2D eigenvalue weighted by molar-refractivity contribution is 5.68. The third-order valence-electron chi connectivity index (χ3n) is 5.64. The second-order valence-electron chi connectivity index (χ2n) is 8.71. The van der Waals surface area contributed by atoms with Crippen molar-refractivity contribution in [1.29, 1.82) is 0 Å². The highest BCUT2D eigenvalue weighted by atomic mass is 16.6. The fourth-order valence-electron chi connectivity index (χ4n) is 4.55. The summed E-state index contributed by atoms with van der Waals surface area (Å²) in [6, 6.07) is 1.60. The molecule has 2 aliphatic heterocycles. The van der Waals surface area contributed by atoms with Crippen LogP contribution < -0.4 is 5.32 Å². The Morgan fingerprint density at radius 1 is 1.08 bits per heavy atom. The molecule has 1 saturated carbocycles. The van der Waals surface area contributed by atoms with Crippen molar-refractivity contribution in [3.05, 3.63) is 0 Å². The molecule has 0 aromatic carbocycles. The Kier molecular flexibility index (Phi) is 5.70. The van der Waals surface area contributed by atoms with E-state index in [0.29, 0.717) is 24.0 Å². The summed E-state index contributed by atoms with van der Waals surface area (Å²) in [5, 5.41) is 3.86. The van der Waals surface area contributed by atoms with Crippen LogP contribution in [0.1, 0.15) is 65.7 Å². The van der Waals surface area contributed by atoms with Gasteiger partial charge in [0.15, 0.2) is 0 Å². The molecule has 3 aliphatic rings. The molecule has 0 aromatic rings. The number of hydrogen-bond acceptors (Lipinski definition) is 4. The van der Waals surface area contributed by atoms with Crippen molar-refractivity contribution < 1.29 is 14.3 Å². The largest absolute Gasteiger partial charge is 0.444 e. The molecule has 0 spiro atoms. The van der Waals surface area contributed by atoms with Crippen molar-refractivity contribution in [2.45, 2.75) is 89.4 Å². The zero-order chi connectivity index (χ0) is 17.2. The average Bonchev–Trinajstić information content (AvgIpc) is 2.53. The van der Waals surface area contributed by atoms with Crippen molar-refractivity contribution in [1.82, 2.24) is 10.2 Å². The SMILES string of the molecule is CC(C)(C)OC(=O)N1CCC[C@@H]2C[C@H](NC3CCOCC3)CC[C@@H]21. The summed E-state index contributed by atoms with van der Waals surface area (Å²) in [6.07, 6.45) is 7.96. The van der Waals surface area contributed by atoms with Gasteiger partial charge in [-0.3, -0.25) is 0 Å². The number of likely N-dealkylation sites (tertiary alicyclic amines) is 1. The van der Waals surface area contributed by atoms with Gasteiger partial charge in [-0.05, 0) is 71.6 Å². The Balaban J connectivity index is 1.54. The molecule has 3 fully saturated rings. The molecule has 0 unspecified atom stereocenters. The van der Waals surface area contributed by atoms with Crippen molar-refractivity contribution in [2.24, 2.45) is 5.92 Å². The van der Waals surface area contributed by atoms with Crippen LogP contribution >= 0.6 is 0 Å². The first kappa shape index (κ1) is 18.0. The lowest BCUT2D eigenvalue weighted by atomic mass is 9.76. The summed E-state index contributed by atoms with van der Waals surface area (Å²) in [5.41, 5.74) is -0.411. The van der Waals surface area contributed by atoms with E-state index >= 15 is 0 Å². The van der Waals surface area contributed by atoms with E-state index in [1.807, 2.05) is 25.7 Å². The van der Waals surface area contributed by atoms with Gasteiger partial charge in [-0.15, -0.1) is 0 Å². The summed E-state index contributed by atoms with van der Waals surface area (Å²) in [6.45, 7) is 8.48. The molecule has 3 atom stereocenters. The molecular weight excluding hydrogens is 304 g/mol. The number of carbonyl (C=O) groups excluding carboxylic acids is 1. The number of nitrogens with zero attached hydrogens (tertiary/aromatic N) is 1. The highest BCUT2D eigenvalue weighted by Gasteiger charge is 2.40. The number of nitrogens with one attached hydrogen (secondary N) is 1. The monoisotopic (exact) mass is 338 g/mol. The van der Waals surface area contributed by atoms with Crippen molar-refractivity contribution >= 4 is 6.09 Å². The third kappa shape index (κ3) is 4.63. The van der Waals surface area contributed by atoms with E-state index < -0.39 is 5.60 Å². The van der Waals surface area contributed by atoms with Crippen LogP contribution in [0, 0.1) is 5.92 Å². The Morgan fingerprint density at radius 3 is 2.54 bits per heavy atom. The molecule has 0 radical (unpaired) electrons. The summed E-state index contributed by atoms with van der Waals surface area (Å²) in [4.78, 5) is 14.6. The first-order valence-electron chi connectivity index (χ1n) is 9.76. The van der Waals surface area contributed by atoms with Gasteiger partial charge in [0.2, 0.25) is 0 Å². The van der Waals surface area contributed by atoms with Gasteiger partial charge in [0.05, 0.1) is 0 Å². The van der Waals surface area contributed by atoms with E-state index in [2.05, 4.69) is 5.32 Å². The van der Waals surface area contributed by atoms with Crippen LogP contribution in [-0.2, 0) is 9.47 Å². The molecule has 24 heavy (non-hydrogen) atoms. The van der Waals surface area contributed by atoms with E-state index in [4.69, 9.17) is 9.47 Å². The van der Waals surface area contributed by atoms with Gasteiger partial charge in [0.25, 0.3) is 0 Å². The second kappa shape index (κ2) is 7.61. The zero-order valence-electron chi connectivity index (χ0n) is 15.6. The molecule has 138 valence electrons. The lowest BCUT2D eigenvalue weighted by Crippen LogP contribution is -2.55. The number of piperidine rings is 1.